The molecule has 10 heavy (non-hydrogen) atoms. The topological polar surface area (TPSA) is 55.5 Å². The van der Waals surface area contributed by atoms with Crippen LogP contribution in [0.25, 0.3) is 0 Å². The van der Waals surface area contributed by atoms with Crippen molar-refractivity contribution in [2.45, 2.75) is 6.42 Å². The van der Waals surface area contributed by atoms with Gasteiger partial charge in [-0.15, -0.1) is 0 Å². The number of rotatable bonds is 3. The highest BCUT2D eigenvalue weighted by Gasteiger charge is 2.05. The first kappa shape index (κ1) is 7.08. The molecule has 1 heterocycles. The number of methoxy groups -OCH3 is 1. The van der Waals surface area contributed by atoms with E-state index in [2.05, 4.69) is 4.98 Å². The maximum atomic E-state index is 8.52. The van der Waals surface area contributed by atoms with Gasteiger partial charge >= 0.3 is 5.95 Å². The Kier molecular flexibility index (Phi) is 2.28. The Morgan fingerprint density at radius 1 is 1.80 bits per heavy atom. The van der Waals surface area contributed by atoms with Crippen LogP contribution in [-0.4, -0.2) is 23.8 Å². The molecular weight excluding hydrogens is 134 g/mol. The van der Waals surface area contributed by atoms with E-state index in [4.69, 9.17) is 14.3 Å². The maximum Gasteiger partial charge on any atom is 0.308 e. The number of aliphatic hydroxyl groups is 1. The summed E-state index contributed by atoms with van der Waals surface area (Å²) in [6.07, 6.45) is 1.77. The van der Waals surface area contributed by atoms with E-state index in [9.17, 15) is 0 Å². The van der Waals surface area contributed by atoms with Crippen molar-refractivity contribution in [3.63, 3.8) is 0 Å². The lowest BCUT2D eigenvalue weighted by atomic mass is 10.3. The molecule has 0 aliphatic carbocycles. The summed E-state index contributed by atoms with van der Waals surface area (Å²) in [4.78, 5) is 3.83. The SMILES string of the molecule is COc1ocnc1CCO. The first-order valence-corrected chi connectivity index (χ1v) is 2.95. The van der Waals surface area contributed by atoms with Crippen molar-refractivity contribution in [1.82, 2.24) is 4.98 Å². The second-order valence-corrected chi connectivity index (χ2v) is 1.76. The zero-order chi connectivity index (χ0) is 7.40. The molecule has 0 radical (unpaired) electrons. The van der Waals surface area contributed by atoms with E-state index in [-0.39, 0.29) is 6.61 Å². The van der Waals surface area contributed by atoms with Gasteiger partial charge in [0.25, 0.3) is 0 Å². The lowest BCUT2D eigenvalue weighted by Gasteiger charge is -1.94. The average Bonchev–Trinajstić information content (AvgIpc) is 2.36. The fourth-order valence-electron chi connectivity index (χ4n) is 0.697. The molecule has 1 N–H and O–H groups in total. The van der Waals surface area contributed by atoms with Crippen molar-refractivity contribution >= 4 is 0 Å². The van der Waals surface area contributed by atoms with Crippen molar-refractivity contribution in [3.05, 3.63) is 12.1 Å². The summed E-state index contributed by atoms with van der Waals surface area (Å²) in [5.41, 5.74) is 0.657. The van der Waals surface area contributed by atoms with Crippen molar-refractivity contribution < 1.29 is 14.3 Å². The van der Waals surface area contributed by atoms with Crippen LogP contribution in [0.5, 0.6) is 5.95 Å². The highest BCUT2D eigenvalue weighted by molar-refractivity contribution is 5.13. The van der Waals surface area contributed by atoms with Gasteiger partial charge in [0.15, 0.2) is 6.39 Å². The molecule has 0 spiro atoms. The van der Waals surface area contributed by atoms with E-state index in [1.807, 2.05) is 0 Å². The Balaban J connectivity index is 2.70. The van der Waals surface area contributed by atoms with Gasteiger partial charge in [0.1, 0.15) is 5.69 Å². The normalized spacial score (nSPS) is 9.80. The first-order chi connectivity index (χ1) is 4.88. The van der Waals surface area contributed by atoms with E-state index in [0.29, 0.717) is 18.1 Å². The van der Waals surface area contributed by atoms with Gasteiger partial charge in [-0.05, 0) is 0 Å². The van der Waals surface area contributed by atoms with Crippen molar-refractivity contribution in [2.75, 3.05) is 13.7 Å². The van der Waals surface area contributed by atoms with E-state index >= 15 is 0 Å². The summed E-state index contributed by atoms with van der Waals surface area (Å²) in [6, 6.07) is 0. The van der Waals surface area contributed by atoms with E-state index < -0.39 is 0 Å². The number of aromatic nitrogens is 1. The van der Waals surface area contributed by atoms with Gasteiger partial charge in [-0.1, -0.05) is 0 Å². The highest BCUT2D eigenvalue weighted by atomic mass is 16.6. The molecule has 0 bridgehead atoms. The maximum absolute atomic E-state index is 8.52. The van der Waals surface area contributed by atoms with Crippen LogP contribution in [0, 0.1) is 0 Å². The Hall–Kier alpha value is -1.03. The van der Waals surface area contributed by atoms with Crippen LogP contribution in [0.15, 0.2) is 10.8 Å². The first-order valence-electron chi connectivity index (χ1n) is 2.95. The molecule has 4 heteroatoms. The lowest BCUT2D eigenvalue weighted by Crippen LogP contribution is -1.93. The molecule has 0 unspecified atom stereocenters. The largest absolute Gasteiger partial charge is 0.467 e. The number of hydrogen-bond acceptors (Lipinski definition) is 4. The van der Waals surface area contributed by atoms with Crippen LogP contribution in [0.1, 0.15) is 5.69 Å². The highest BCUT2D eigenvalue weighted by Crippen LogP contribution is 2.15. The molecule has 0 aromatic carbocycles. The third-order valence-corrected chi connectivity index (χ3v) is 1.14. The summed E-state index contributed by atoms with van der Waals surface area (Å²) in [5, 5.41) is 8.52. The smallest absolute Gasteiger partial charge is 0.308 e. The van der Waals surface area contributed by atoms with Gasteiger partial charge in [0, 0.05) is 13.0 Å². The molecule has 0 aliphatic heterocycles. The van der Waals surface area contributed by atoms with Crippen LogP contribution >= 0.6 is 0 Å². The minimum Gasteiger partial charge on any atom is -0.467 e. The third kappa shape index (κ3) is 1.27. The molecule has 56 valence electrons. The second kappa shape index (κ2) is 3.22. The van der Waals surface area contributed by atoms with Crippen LogP contribution in [0.4, 0.5) is 0 Å². The van der Waals surface area contributed by atoms with Crippen LogP contribution in [0.3, 0.4) is 0 Å². The fourth-order valence-corrected chi connectivity index (χ4v) is 0.697. The molecule has 4 nitrogen and oxygen atoms in total. The number of aliphatic hydroxyl groups excluding tert-OH is 1. The predicted octanol–water partition coefficient (Wildman–Crippen LogP) is 0.218. The number of ether oxygens (including phenoxy) is 1. The Bertz CT molecular complexity index is 197. The molecule has 0 saturated carbocycles. The molecule has 0 atom stereocenters. The molecule has 0 aliphatic rings. The van der Waals surface area contributed by atoms with Crippen molar-refractivity contribution in [1.29, 1.82) is 0 Å². The zero-order valence-corrected chi connectivity index (χ0v) is 5.70. The molecule has 1 rings (SSSR count). The fraction of sp³-hybridized carbons (Fsp3) is 0.500. The van der Waals surface area contributed by atoms with Crippen LogP contribution in [-0.2, 0) is 6.42 Å². The standard InChI is InChI=1S/C6H9NO3/c1-9-6-5(2-3-8)7-4-10-6/h4,8H,2-3H2,1H3. The molecular formula is C6H9NO3. The summed E-state index contributed by atoms with van der Waals surface area (Å²) in [5.74, 6) is 0.383. The van der Waals surface area contributed by atoms with Crippen molar-refractivity contribution in [3.8, 4) is 5.95 Å². The predicted molar refractivity (Wildman–Crippen MR) is 33.8 cm³/mol. The van der Waals surface area contributed by atoms with E-state index in [1.165, 1.54) is 13.5 Å². The second-order valence-electron chi connectivity index (χ2n) is 1.76. The van der Waals surface area contributed by atoms with Crippen molar-refractivity contribution in [2.24, 2.45) is 0 Å². The Morgan fingerprint density at radius 2 is 2.60 bits per heavy atom. The van der Waals surface area contributed by atoms with Gasteiger partial charge in [-0.3, -0.25) is 0 Å². The van der Waals surface area contributed by atoms with E-state index in [1.54, 1.807) is 0 Å². The van der Waals surface area contributed by atoms with Crippen LogP contribution < -0.4 is 4.74 Å². The molecule has 0 saturated heterocycles. The quantitative estimate of drug-likeness (QED) is 0.657. The van der Waals surface area contributed by atoms with Gasteiger partial charge in [0.05, 0.1) is 7.11 Å². The zero-order valence-electron chi connectivity index (χ0n) is 5.70. The summed E-state index contributed by atoms with van der Waals surface area (Å²) in [6.45, 7) is 0.0584. The Morgan fingerprint density at radius 3 is 3.20 bits per heavy atom. The molecule has 0 amide bonds. The van der Waals surface area contributed by atoms with Gasteiger partial charge < -0.3 is 14.3 Å². The van der Waals surface area contributed by atoms with Gasteiger partial charge in [-0.2, -0.15) is 0 Å². The van der Waals surface area contributed by atoms with E-state index in [0.717, 1.165) is 0 Å². The summed E-state index contributed by atoms with van der Waals surface area (Å²) in [7, 11) is 1.50. The van der Waals surface area contributed by atoms with Gasteiger partial charge in [-0.25, -0.2) is 4.98 Å². The molecule has 0 fully saturated rings. The Labute approximate surface area is 58.4 Å². The van der Waals surface area contributed by atoms with Gasteiger partial charge in [0.2, 0.25) is 0 Å². The third-order valence-electron chi connectivity index (χ3n) is 1.14. The van der Waals surface area contributed by atoms with Crippen LogP contribution in [0.2, 0.25) is 0 Å². The number of oxazole rings is 1. The monoisotopic (exact) mass is 143 g/mol. The number of hydrogen-bond donors (Lipinski definition) is 1. The molecule has 1 aromatic heterocycles. The average molecular weight is 143 g/mol. The number of nitrogens with zero attached hydrogens (tertiary/aromatic N) is 1. The summed E-state index contributed by atoms with van der Waals surface area (Å²) < 4.78 is 9.62. The summed E-state index contributed by atoms with van der Waals surface area (Å²) >= 11 is 0. The molecule has 1 aromatic rings. The minimum atomic E-state index is 0.0584. The lowest BCUT2D eigenvalue weighted by molar-refractivity contribution is 0.281. The minimum absolute atomic E-state index is 0.0584.